The van der Waals surface area contributed by atoms with Crippen molar-refractivity contribution in [3.63, 3.8) is 0 Å². The van der Waals surface area contributed by atoms with Gasteiger partial charge in [-0.3, -0.25) is 4.79 Å². The molecule has 0 unspecified atom stereocenters. The van der Waals surface area contributed by atoms with Gasteiger partial charge >= 0.3 is 0 Å². The van der Waals surface area contributed by atoms with Gasteiger partial charge in [-0.1, -0.05) is 30.3 Å². The molecule has 0 saturated carbocycles. The first-order chi connectivity index (χ1) is 14.2. The van der Waals surface area contributed by atoms with Crippen LogP contribution in [0.1, 0.15) is 22.3 Å². The summed E-state index contributed by atoms with van der Waals surface area (Å²) in [6.45, 7) is 2.47. The molecule has 1 aliphatic heterocycles. The number of amides is 1. The molecule has 1 amide bonds. The number of hydrogen-bond donors (Lipinski definition) is 2. The van der Waals surface area contributed by atoms with Crippen molar-refractivity contribution < 1.29 is 9.18 Å². The molecule has 0 radical (unpaired) electrons. The highest BCUT2D eigenvalue weighted by Crippen LogP contribution is 2.19. The quantitative estimate of drug-likeness (QED) is 0.671. The van der Waals surface area contributed by atoms with E-state index in [2.05, 4.69) is 20.5 Å². The molecule has 2 heterocycles. The van der Waals surface area contributed by atoms with E-state index in [1.807, 2.05) is 36.4 Å². The van der Waals surface area contributed by atoms with Crippen LogP contribution in [0.15, 0.2) is 72.9 Å². The number of anilines is 2. The smallest absolute Gasteiger partial charge is 0.257 e. The Hall–Kier alpha value is -3.25. The molecule has 2 aromatic carbocycles. The van der Waals surface area contributed by atoms with Crippen molar-refractivity contribution in [1.29, 1.82) is 0 Å². The summed E-state index contributed by atoms with van der Waals surface area (Å²) in [6.07, 6.45) is 2.63. The molecule has 6 heteroatoms. The summed E-state index contributed by atoms with van der Waals surface area (Å²) in [5.74, 6) is 0.482. The summed E-state index contributed by atoms with van der Waals surface area (Å²) in [5.41, 5.74) is 2.36. The Kier molecular flexibility index (Phi) is 5.81. The average Bonchev–Trinajstić information content (AvgIpc) is 3.23. The van der Waals surface area contributed by atoms with E-state index >= 15 is 0 Å². The third-order valence-electron chi connectivity index (χ3n) is 5.06. The molecule has 2 N–H and O–H groups in total. The Bertz CT molecular complexity index is 945. The molecule has 1 aliphatic rings. The van der Waals surface area contributed by atoms with Crippen LogP contribution in [-0.4, -0.2) is 30.0 Å². The molecular formula is C23H23FN4O. The fraction of sp³-hybridized carbons (Fsp3) is 0.217. The van der Waals surface area contributed by atoms with Crippen molar-refractivity contribution in [2.75, 3.05) is 23.3 Å². The number of nitrogens with zero attached hydrogens (tertiary/aromatic N) is 2. The molecule has 4 rings (SSSR count). The summed E-state index contributed by atoms with van der Waals surface area (Å²) < 4.78 is 13.0. The lowest BCUT2D eigenvalue weighted by Crippen LogP contribution is -2.32. The minimum Gasteiger partial charge on any atom is -0.355 e. The average molecular weight is 390 g/mol. The monoisotopic (exact) mass is 390 g/mol. The van der Waals surface area contributed by atoms with Crippen LogP contribution in [0.25, 0.3) is 0 Å². The van der Waals surface area contributed by atoms with Crippen LogP contribution >= 0.6 is 0 Å². The van der Waals surface area contributed by atoms with Crippen LogP contribution in [0.3, 0.4) is 0 Å². The fourth-order valence-electron chi connectivity index (χ4n) is 3.43. The lowest BCUT2D eigenvalue weighted by molar-refractivity contribution is 0.102. The molecule has 0 bridgehead atoms. The van der Waals surface area contributed by atoms with E-state index in [9.17, 15) is 9.18 Å². The second-order valence-electron chi connectivity index (χ2n) is 7.16. The van der Waals surface area contributed by atoms with Gasteiger partial charge in [0.15, 0.2) is 0 Å². The van der Waals surface area contributed by atoms with Crippen LogP contribution in [0, 0.1) is 5.82 Å². The number of para-hydroxylation sites is 1. The molecular weight excluding hydrogens is 367 g/mol. The van der Waals surface area contributed by atoms with Crippen LogP contribution in [0.2, 0.25) is 0 Å². The van der Waals surface area contributed by atoms with E-state index in [0.29, 0.717) is 18.2 Å². The first-order valence-electron chi connectivity index (χ1n) is 9.72. The highest BCUT2D eigenvalue weighted by Gasteiger charge is 2.23. The lowest BCUT2D eigenvalue weighted by Gasteiger charge is -2.18. The molecule has 148 valence electrons. The van der Waals surface area contributed by atoms with Crippen molar-refractivity contribution in [3.8, 4) is 0 Å². The maximum atomic E-state index is 13.0. The number of aromatic nitrogens is 1. The third kappa shape index (κ3) is 4.97. The van der Waals surface area contributed by atoms with E-state index in [0.717, 1.165) is 36.6 Å². The van der Waals surface area contributed by atoms with Gasteiger partial charge < -0.3 is 15.5 Å². The summed E-state index contributed by atoms with van der Waals surface area (Å²) in [7, 11) is 0. The number of benzene rings is 2. The van der Waals surface area contributed by atoms with Gasteiger partial charge in [0.25, 0.3) is 5.91 Å². The Labute approximate surface area is 169 Å². The first kappa shape index (κ1) is 19.1. The lowest BCUT2D eigenvalue weighted by atomic mass is 10.2. The molecule has 29 heavy (non-hydrogen) atoms. The predicted octanol–water partition coefficient (Wildman–Crippen LogP) is 3.84. The van der Waals surface area contributed by atoms with Gasteiger partial charge in [0, 0.05) is 37.6 Å². The van der Waals surface area contributed by atoms with Crippen LogP contribution < -0.4 is 15.5 Å². The molecule has 3 aromatic rings. The van der Waals surface area contributed by atoms with Crippen molar-refractivity contribution >= 4 is 17.4 Å². The van der Waals surface area contributed by atoms with E-state index in [1.54, 1.807) is 24.4 Å². The number of rotatable bonds is 6. The molecule has 0 aliphatic carbocycles. The van der Waals surface area contributed by atoms with Gasteiger partial charge in [-0.05, 0) is 48.4 Å². The van der Waals surface area contributed by atoms with E-state index in [-0.39, 0.29) is 11.7 Å². The number of halogens is 1. The number of hydrogen-bond acceptors (Lipinski definition) is 4. The molecule has 1 atom stereocenters. The van der Waals surface area contributed by atoms with Gasteiger partial charge in [-0.15, -0.1) is 0 Å². The maximum absolute atomic E-state index is 13.0. The van der Waals surface area contributed by atoms with Crippen molar-refractivity contribution in [2.24, 2.45) is 0 Å². The predicted molar refractivity (Wildman–Crippen MR) is 112 cm³/mol. The number of carbonyl (C=O) groups is 1. The normalized spacial score (nSPS) is 16.0. The van der Waals surface area contributed by atoms with Gasteiger partial charge in [-0.2, -0.15) is 0 Å². The Morgan fingerprint density at radius 2 is 1.86 bits per heavy atom. The maximum Gasteiger partial charge on any atom is 0.257 e. The number of carbonyl (C=O) groups excluding carboxylic acids is 1. The highest BCUT2D eigenvalue weighted by molar-refractivity contribution is 6.04. The third-order valence-corrected chi connectivity index (χ3v) is 5.06. The highest BCUT2D eigenvalue weighted by atomic mass is 19.1. The zero-order chi connectivity index (χ0) is 20.1. The van der Waals surface area contributed by atoms with Crippen LogP contribution in [0.4, 0.5) is 15.9 Å². The van der Waals surface area contributed by atoms with E-state index < -0.39 is 0 Å². The van der Waals surface area contributed by atoms with Gasteiger partial charge in [-0.25, -0.2) is 9.37 Å². The topological polar surface area (TPSA) is 57.3 Å². The minimum atomic E-state index is -0.215. The molecule has 0 spiro atoms. The Morgan fingerprint density at radius 1 is 1.07 bits per heavy atom. The van der Waals surface area contributed by atoms with Crippen molar-refractivity contribution in [3.05, 3.63) is 89.9 Å². The number of nitrogens with one attached hydrogen (secondary N) is 2. The van der Waals surface area contributed by atoms with E-state index in [1.165, 1.54) is 12.1 Å². The molecule has 1 fully saturated rings. The molecule has 5 nitrogen and oxygen atoms in total. The van der Waals surface area contributed by atoms with Gasteiger partial charge in [0.05, 0.1) is 5.56 Å². The second-order valence-corrected chi connectivity index (χ2v) is 7.16. The SMILES string of the molecule is O=C(Nc1ccccc1)c1ccc(N2CC[C@H](NCc3ccc(F)cc3)C2)nc1. The zero-order valence-corrected chi connectivity index (χ0v) is 16.0. The number of pyridine rings is 1. The molecule has 1 aromatic heterocycles. The summed E-state index contributed by atoms with van der Waals surface area (Å²) in [5, 5.41) is 6.38. The second kappa shape index (κ2) is 8.84. The Morgan fingerprint density at radius 3 is 2.59 bits per heavy atom. The molecule has 1 saturated heterocycles. The van der Waals surface area contributed by atoms with Crippen LogP contribution in [0.5, 0.6) is 0 Å². The van der Waals surface area contributed by atoms with Crippen molar-refractivity contribution in [2.45, 2.75) is 19.0 Å². The van der Waals surface area contributed by atoms with Gasteiger partial charge in [0.1, 0.15) is 11.6 Å². The van der Waals surface area contributed by atoms with E-state index in [4.69, 9.17) is 0 Å². The van der Waals surface area contributed by atoms with Crippen LogP contribution in [-0.2, 0) is 6.54 Å². The summed E-state index contributed by atoms with van der Waals surface area (Å²) >= 11 is 0. The summed E-state index contributed by atoms with van der Waals surface area (Å²) in [6, 6.07) is 20.0. The zero-order valence-electron chi connectivity index (χ0n) is 16.0. The largest absolute Gasteiger partial charge is 0.355 e. The van der Waals surface area contributed by atoms with Gasteiger partial charge in [0.2, 0.25) is 0 Å². The first-order valence-corrected chi connectivity index (χ1v) is 9.72. The summed E-state index contributed by atoms with van der Waals surface area (Å²) in [4.78, 5) is 19.0. The standard InChI is InChI=1S/C23H23FN4O/c24-19-9-6-17(7-10-19)14-25-21-12-13-28(16-21)22-11-8-18(15-26-22)23(29)27-20-4-2-1-3-5-20/h1-11,15,21,25H,12-14,16H2,(H,27,29)/t21-/m0/s1. The fourth-order valence-corrected chi connectivity index (χ4v) is 3.43. The van der Waals surface area contributed by atoms with Crippen molar-refractivity contribution in [1.82, 2.24) is 10.3 Å². The Balaban J connectivity index is 1.30. The minimum absolute atomic E-state index is 0.171.